The highest BCUT2D eigenvalue weighted by atomic mass is 79.9. The molecule has 0 fully saturated rings. The normalized spacial score (nSPS) is 10.0. The summed E-state index contributed by atoms with van der Waals surface area (Å²) in [6, 6.07) is 10.5. The first-order chi connectivity index (χ1) is 10.6. The van der Waals surface area contributed by atoms with Crippen LogP contribution in [-0.4, -0.2) is 27.2 Å². The van der Waals surface area contributed by atoms with E-state index in [2.05, 4.69) is 21.2 Å². The fraction of sp³-hybridized carbons (Fsp3) is 0.188. The molecular formula is C16H16BrNO4. The van der Waals surface area contributed by atoms with Crippen molar-refractivity contribution in [2.45, 2.75) is 0 Å². The molecule has 1 amide bonds. The maximum atomic E-state index is 12.4. The van der Waals surface area contributed by atoms with Gasteiger partial charge in [0.15, 0.2) is 0 Å². The summed E-state index contributed by atoms with van der Waals surface area (Å²) in [6.45, 7) is 0. The lowest BCUT2D eigenvalue weighted by Crippen LogP contribution is -2.13. The molecule has 6 heteroatoms. The van der Waals surface area contributed by atoms with Gasteiger partial charge >= 0.3 is 0 Å². The molecule has 0 spiro atoms. The smallest absolute Gasteiger partial charge is 0.256 e. The molecule has 5 nitrogen and oxygen atoms in total. The van der Waals surface area contributed by atoms with Gasteiger partial charge in [0, 0.05) is 5.56 Å². The van der Waals surface area contributed by atoms with Crippen LogP contribution in [0.25, 0.3) is 0 Å². The summed E-state index contributed by atoms with van der Waals surface area (Å²) in [5.74, 6) is 1.34. The van der Waals surface area contributed by atoms with E-state index in [-0.39, 0.29) is 5.91 Å². The maximum absolute atomic E-state index is 12.4. The number of amides is 1. The Morgan fingerprint density at radius 2 is 1.50 bits per heavy atom. The zero-order chi connectivity index (χ0) is 16.1. The second kappa shape index (κ2) is 7.17. The van der Waals surface area contributed by atoms with Crippen LogP contribution in [0, 0.1) is 0 Å². The van der Waals surface area contributed by atoms with Crippen LogP contribution in [0.5, 0.6) is 17.2 Å². The minimum Gasteiger partial charge on any atom is -0.495 e. The highest BCUT2D eigenvalue weighted by molar-refractivity contribution is 9.10. The number of nitrogens with one attached hydrogen (secondary N) is 1. The number of para-hydroxylation sites is 2. The Morgan fingerprint density at radius 1 is 0.955 bits per heavy atom. The Kier molecular flexibility index (Phi) is 5.27. The molecule has 0 aliphatic carbocycles. The van der Waals surface area contributed by atoms with Crippen LogP contribution in [0.2, 0.25) is 0 Å². The van der Waals surface area contributed by atoms with Crippen molar-refractivity contribution in [3.8, 4) is 17.2 Å². The zero-order valence-corrected chi connectivity index (χ0v) is 14.1. The van der Waals surface area contributed by atoms with Gasteiger partial charge in [-0.15, -0.1) is 0 Å². The molecule has 2 rings (SSSR count). The number of anilines is 1. The topological polar surface area (TPSA) is 56.8 Å². The Balaban J connectivity index is 2.33. The van der Waals surface area contributed by atoms with Gasteiger partial charge in [-0.25, -0.2) is 0 Å². The molecule has 1 N–H and O–H groups in total. The standard InChI is InChI=1S/C16H16BrNO4/c1-20-12-7-5-4-6-11(12)18-16(19)10-8-13(21-2)15(17)14(9-10)22-3/h4-9H,1-3H3,(H,18,19). The summed E-state index contributed by atoms with van der Waals surface area (Å²) in [5.41, 5.74) is 1.01. The molecular weight excluding hydrogens is 350 g/mol. The monoisotopic (exact) mass is 365 g/mol. The first-order valence-electron chi connectivity index (χ1n) is 6.46. The van der Waals surface area contributed by atoms with Gasteiger partial charge in [0.1, 0.15) is 21.7 Å². The van der Waals surface area contributed by atoms with Crippen molar-refractivity contribution in [2.24, 2.45) is 0 Å². The SMILES string of the molecule is COc1ccccc1NC(=O)c1cc(OC)c(Br)c(OC)c1. The number of hydrogen-bond donors (Lipinski definition) is 1. The van der Waals surface area contributed by atoms with E-state index in [1.54, 1.807) is 31.4 Å². The molecule has 116 valence electrons. The minimum absolute atomic E-state index is 0.284. The van der Waals surface area contributed by atoms with Crippen LogP contribution in [0.3, 0.4) is 0 Å². The summed E-state index contributed by atoms with van der Waals surface area (Å²) >= 11 is 3.37. The molecule has 0 aromatic heterocycles. The number of benzene rings is 2. The molecule has 0 saturated carbocycles. The van der Waals surface area contributed by atoms with Gasteiger partial charge in [0.05, 0.1) is 27.0 Å². The number of ether oxygens (including phenoxy) is 3. The molecule has 0 aliphatic rings. The second-order valence-electron chi connectivity index (χ2n) is 4.35. The molecule has 22 heavy (non-hydrogen) atoms. The number of carbonyl (C=O) groups excluding carboxylic acids is 1. The highest BCUT2D eigenvalue weighted by Crippen LogP contribution is 2.36. The van der Waals surface area contributed by atoms with Crippen molar-refractivity contribution in [3.05, 3.63) is 46.4 Å². The predicted octanol–water partition coefficient (Wildman–Crippen LogP) is 3.73. The third-order valence-corrected chi connectivity index (χ3v) is 3.84. The lowest BCUT2D eigenvalue weighted by molar-refractivity contribution is 0.102. The number of halogens is 1. The molecule has 2 aromatic rings. The minimum atomic E-state index is -0.284. The third kappa shape index (κ3) is 3.33. The Morgan fingerprint density at radius 3 is 2.05 bits per heavy atom. The van der Waals surface area contributed by atoms with E-state index in [4.69, 9.17) is 14.2 Å². The Hall–Kier alpha value is -2.21. The summed E-state index contributed by atoms with van der Waals surface area (Å²) in [5, 5.41) is 2.81. The van der Waals surface area contributed by atoms with Crippen LogP contribution in [0.4, 0.5) is 5.69 Å². The van der Waals surface area contributed by atoms with Gasteiger partial charge in [-0.2, -0.15) is 0 Å². The van der Waals surface area contributed by atoms with E-state index in [1.807, 2.05) is 12.1 Å². The maximum Gasteiger partial charge on any atom is 0.256 e. The zero-order valence-electron chi connectivity index (χ0n) is 12.5. The number of methoxy groups -OCH3 is 3. The average Bonchev–Trinajstić information content (AvgIpc) is 2.55. The molecule has 0 radical (unpaired) electrons. The van der Waals surface area contributed by atoms with Crippen molar-refractivity contribution in [3.63, 3.8) is 0 Å². The third-order valence-electron chi connectivity index (χ3n) is 3.06. The van der Waals surface area contributed by atoms with Gasteiger partial charge in [0.2, 0.25) is 0 Å². The van der Waals surface area contributed by atoms with Crippen LogP contribution < -0.4 is 19.5 Å². The largest absolute Gasteiger partial charge is 0.495 e. The van der Waals surface area contributed by atoms with Crippen LogP contribution in [0.1, 0.15) is 10.4 Å². The second-order valence-corrected chi connectivity index (χ2v) is 5.14. The van der Waals surface area contributed by atoms with Gasteiger partial charge < -0.3 is 19.5 Å². The van der Waals surface area contributed by atoms with Crippen molar-refractivity contribution in [2.75, 3.05) is 26.6 Å². The highest BCUT2D eigenvalue weighted by Gasteiger charge is 2.15. The lowest BCUT2D eigenvalue weighted by atomic mass is 10.1. The lowest BCUT2D eigenvalue weighted by Gasteiger charge is -2.13. The van der Waals surface area contributed by atoms with E-state index < -0.39 is 0 Å². The van der Waals surface area contributed by atoms with Gasteiger partial charge in [0.25, 0.3) is 5.91 Å². The van der Waals surface area contributed by atoms with E-state index in [9.17, 15) is 4.79 Å². The van der Waals surface area contributed by atoms with E-state index in [1.165, 1.54) is 14.2 Å². The van der Waals surface area contributed by atoms with Gasteiger partial charge in [-0.1, -0.05) is 12.1 Å². The Labute approximate surface area is 137 Å². The number of hydrogen-bond acceptors (Lipinski definition) is 4. The van der Waals surface area contributed by atoms with Crippen LogP contribution in [-0.2, 0) is 0 Å². The van der Waals surface area contributed by atoms with Crippen molar-refractivity contribution >= 4 is 27.5 Å². The van der Waals surface area contributed by atoms with Crippen molar-refractivity contribution in [1.82, 2.24) is 0 Å². The van der Waals surface area contributed by atoms with Gasteiger partial charge in [-0.3, -0.25) is 4.79 Å². The first-order valence-corrected chi connectivity index (χ1v) is 7.26. The molecule has 0 saturated heterocycles. The fourth-order valence-corrected chi connectivity index (χ4v) is 2.50. The first kappa shape index (κ1) is 16.2. The summed E-state index contributed by atoms with van der Waals surface area (Å²) in [7, 11) is 4.61. The molecule has 0 aliphatic heterocycles. The average molecular weight is 366 g/mol. The molecule has 0 unspecified atom stereocenters. The molecule has 0 atom stereocenters. The summed E-state index contributed by atoms with van der Waals surface area (Å²) in [4.78, 5) is 12.4. The molecule has 2 aromatic carbocycles. The van der Waals surface area contributed by atoms with Crippen LogP contribution in [0.15, 0.2) is 40.9 Å². The quantitative estimate of drug-likeness (QED) is 0.876. The van der Waals surface area contributed by atoms with Crippen molar-refractivity contribution in [1.29, 1.82) is 0 Å². The Bertz CT molecular complexity index is 663. The molecule has 0 heterocycles. The van der Waals surface area contributed by atoms with Crippen LogP contribution >= 0.6 is 15.9 Å². The summed E-state index contributed by atoms with van der Waals surface area (Å²) < 4.78 is 16.4. The van der Waals surface area contributed by atoms with E-state index >= 15 is 0 Å². The number of rotatable bonds is 5. The van der Waals surface area contributed by atoms with Gasteiger partial charge in [-0.05, 0) is 40.2 Å². The van der Waals surface area contributed by atoms with Crippen molar-refractivity contribution < 1.29 is 19.0 Å². The summed E-state index contributed by atoms with van der Waals surface area (Å²) in [6.07, 6.45) is 0. The fourth-order valence-electron chi connectivity index (χ4n) is 1.94. The molecule has 0 bridgehead atoms. The van der Waals surface area contributed by atoms with E-state index in [0.29, 0.717) is 33.0 Å². The number of carbonyl (C=O) groups is 1. The van der Waals surface area contributed by atoms with E-state index in [0.717, 1.165) is 0 Å². The predicted molar refractivity (Wildman–Crippen MR) is 88.2 cm³/mol.